The molecule has 2 fully saturated rings. The number of fused-ring (bicyclic) bond motifs is 2. The first-order chi connectivity index (χ1) is 10.2. The lowest BCUT2D eigenvalue weighted by Gasteiger charge is -2.21. The smallest absolute Gasteiger partial charge is 0.340 e. The van der Waals surface area contributed by atoms with Crippen LogP contribution in [0.3, 0.4) is 0 Å². The van der Waals surface area contributed by atoms with Gasteiger partial charge in [0.1, 0.15) is 0 Å². The van der Waals surface area contributed by atoms with Crippen LogP contribution in [0.1, 0.15) is 43.0 Å². The lowest BCUT2D eigenvalue weighted by Crippen LogP contribution is -2.28. The number of hydrogen-bond acceptors (Lipinski definition) is 3. The van der Waals surface area contributed by atoms with Gasteiger partial charge in [0, 0.05) is 5.92 Å². The minimum Gasteiger partial charge on any atom is -0.462 e. The van der Waals surface area contributed by atoms with Gasteiger partial charge in [-0.3, -0.25) is 4.79 Å². The number of anilines is 1. The van der Waals surface area contributed by atoms with Crippen LogP contribution in [-0.2, 0) is 9.53 Å². The van der Waals surface area contributed by atoms with E-state index in [0.717, 1.165) is 12.3 Å². The average Bonchev–Trinajstić information content (AvgIpc) is 3.10. The van der Waals surface area contributed by atoms with Crippen LogP contribution in [0.4, 0.5) is 5.69 Å². The van der Waals surface area contributed by atoms with E-state index in [1.165, 1.54) is 19.3 Å². The van der Waals surface area contributed by atoms with E-state index in [2.05, 4.69) is 5.32 Å². The third-order valence-electron chi connectivity index (χ3n) is 4.76. The molecule has 3 atom stereocenters. The van der Waals surface area contributed by atoms with E-state index in [0.29, 0.717) is 23.8 Å². The highest BCUT2D eigenvalue weighted by molar-refractivity contribution is 6.02. The first kappa shape index (κ1) is 14.1. The van der Waals surface area contributed by atoms with E-state index in [1.54, 1.807) is 25.1 Å². The second-order valence-electron chi connectivity index (χ2n) is 6.04. The molecule has 1 aromatic carbocycles. The van der Waals surface area contributed by atoms with Crippen molar-refractivity contribution in [2.75, 3.05) is 11.9 Å². The predicted octanol–water partition coefficient (Wildman–Crippen LogP) is 3.24. The van der Waals surface area contributed by atoms with E-state index in [1.807, 2.05) is 6.07 Å². The van der Waals surface area contributed by atoms with Gasteiger partial charge in [0.2, 0.25) is 5.91 Å². The maximum atomic E-state index is 12.5. The van der Waals surface area contributed by atoms with Gasteiger partial charge in [-0.2, -0.15) is 0 Å². The highest BCUT2D eigenvalue weighted by atomic mass is 16.5. The Labute approximate surface area is 124 Å². The summed E-state index contributed by atoms with van der Waals surface area (Å²) in [5.74, 6) is 1.04. The first-order valence-corrected chi connectivity index (χ1v) is 7.76. The number of amides is 1. The Bertz CT molecular complexity index is 555. The third kappa shape index (κ3) is 2.80. The molecule has 4 nitrogen and oxygen atoms in total. The molecule has 1 aromatic rings. The van der Waals surface area contributed by atoms with Crippen LogP contribution in [-0.4, -0.2) is 18.5 Å². The minimum atomic E-state index is -0.388. The number of nitrogens with one attached hydrogen (secondary N) is 1. The van der Waals surface area contributed by atoms with Gasteiger partial charge < -0.3 is 10.1 Å². The largest absolute Gasteiger partial charge is 0.462 e. The quantitative estimate of drug-likeness (QED) is 0.865. The molecule has 2 aliphatic rings. The molecule has 3 rings (SSSR count). The predicted molar refractivity (Wildman–Crippen MR) is 80.0 cm³/mol. The molecule has 2 bridgehead atoms. The fourth-order valence-corrected chi connectivity index (χ4v) is 3.77. The Kier molecular flexibility index (Phi) is 3.95. The molecular formula is C17H21NO3. The number of ether oxygens (including phenoxy) is 1. The molecule has 1 amide bonds. The highest BCUT2D eigenvalue weighted by Crippen LogP contribution is 2.48. The summed E-state index contributed by atoms with van der Waals surface area (Å²) in [7, 11) is 0. The standard InChI is InChI=1S/C17H21NO3/c1-2-21-17(20)13-5-3-4-6-15(13)18-16(19)14-10-11-7-8-12(14)9-11/h3-6,11-12,14H,2,7-10H2,1H3,(H,18,19)/t11-,12+,14+/m1/s1. The van der Waals surface area contributed by atoms with Crippen molar-refractivity contribution in [3.05, 3.63) is 29.8 Å². The lowest BCUT2D eigenvalue weighted by atomic mass is 9.88. The van der Waals surface area contributed by atoms with E-state index in [4.69, 9.17) is 4.74 Å². The van der Waals surface area contributed by atoms with Gasteiger partial charge in [-0.15, -0.1) is 0 Å². The van der Waals surface area contributed by atoms with Crippen LogP contribution in [0.25, 0.3) is 0 Å². The summed E-state index contributed by atoms with van der Waals surface area (Å²) in [4.78, 5) is 24.4. The summed E-state index contributed by atoms with van der Waals surface area (Å²) >= 11 is 0. The molecule has 0 spiro atoms. The number of carbonyl (C=O) groups excluding carboxylic acids is 2. The summed E-state index contributed by atoms with van der Waals surface area (Å²) < 4.78 is 5.03. The SMILES string of the molecule is CCOC(=O)c1ccccc1NC(=O)[C@H]1C[C@@H]2CC[C@H]1C2. The number of esters is 1. The molecule has 2 aliphatic carbocycles. The zero-order chi connectivity index (χ0) is 14.8. The Morgan fingerprint density at radius 1 is 1.24 bits per heavy atom. The van der Waals surface area contributed by atoms with Crippen molar-refractivity contribution in [3.8, 4) is 0 Å². The van der Waals surface area contributed by atoms with Gasteiger partial charge in [-0.1, -0.05) is 18.6 Å². The molecule has 0 unspecified atom stereocenters. The summed E-state index contributed by atoms with van der Waals surface area (Å²) in [6, 6.07) is 7.05. The second-order valence-corrected chi connectivity index (χ2v) is 6.04. The summed E-state index contributed by atoms with van der Waals surface area (Å²) in [5, 5.41) is 2.94. The number of para-hydroxylation sites is 1. The molecule has 0 aromatic heterocycles. The molecule has 0 saturated heterocycles. The van der Waals surface area contributed by atoms with Gasteiger partial charge in [0.25, 0.3) is 0 Å². The van der Waals surface area contributed by atoms with Crippen molar-refractivity contribution in [2.45, 2.75) is 32.6 Å². The van der Waals surface area contributed by atoms with Gasteiger partial charge in [-0.25, -0.2) is 4.79 Å². The van der Waals surface area contributed by atoms with Crippen molar-refractivity contribution in [3.63, 3.8) is 0 Å². The molecule has 0 radical (unpaired) electrons. The number of rotatable bonds is 4. The van der Waals surface area contributed by atoms with Crippen LogP contribution in [0.2, 0.25) is 0 Å². The van der Waals surface area contributed by atoms with Crippen LogP contribution in [0.5, 0.6) is 0 Å². The molecule has 0 aliphatic heterocycles. The van der Waals surface area contributed by atoms with Gasteiger partial charge >= 0.3 is 5.97 Å². The fraction of sp³-hybridized carbons (Fsp3) is 0.529. The summed E-state index contributed by atoms with van der Waals surface area (Å²) in [5.41, 5.74) is 0.986. The molecule has 4 heteroatoms. The Hall–Kier alpha value is -1.84. The van der Waals surface area contributed by atoms with E-state index < -0.39 is 0 Å². The zero-order valence-electron chi connectivity index (χ0n) is 12.3. The third-order valence-corrected chi connectivity index (χ3v) is 4.76. The second kappa shape index (κ2) is 5.88. The lowest BCUT2D eigenvalue weighted by molar-refractivity contribution is -0.121. The number of benzene rings is 1. The fourth-order valence-electron chi connectivity index (χ4n) is 3.77. The monoisotopic (exact) mass is 287 g/mol. The van der Waals surface area contributed by atoms with Crippen molar-refractivity contribution < 1.29 is 14.3 Å². The molecule has 0 heterocycles. The van der Waals surface area contributed by atoms with Crippen molar-refractivity contribution in [2.24, 2.45) is 17.8 Å². The van der Waals surface area contributed by atoms with Crippen molar-refractivity contribution >= 4 is 17.6 Å². The molecule has 21 heavy (non-hydrogen) atoms. The Morgan fingerprint density at radius 2 is 2.05 bits per heavy atom. The maximum Gasteiger partial charge on any atom is 0.340 e. The van der Waals surface area contributed by atoms with Crippen LogP contribution >= 0.6 is 0 Å². The summed E-state index contributed by atoms with van der Waals surface area (Å²) in [6.07, 6.45) is 4.63. The Balaban J connectivity index is 1.73. The van der Waals surface area contributed by atoms with Gasteiger partial charge in [0.15, 0.2) is 0 Å². The minimum absolute atomic E-state index is 0.0546. The van der Waals surface area contributed by atoms with E-state index in [-0.39, 0.29) is 17.8 Å². The van der Waals surface area contributed by atoms with E-state index >= 15 is 0 Å². The number of carbonyl (C=O) groups is 2. The first-order valence-electron chi connectivity index (χ1n) is 7.76. The van der Waals surface area contributed by atoms with E-state index in [9.17, 15) is 9.59 Å². The van der Waals surface area contributed by atoms with Crippen LogP contribution in [0, 0.1) is 17.8 Å². The highest BCUT2D eigenvalue weighted by Gasteiger charge is 2.43. The maximum absolute atomic E-state index is 12.5. The molecule has 112 valence electrons. The topological polar surface area (TPSA) is 55.4 Å². The molecule has 1 N–H and O–H groups in total. The average molecular weight is 287 g/mol. The van der Waals surface area contributed by atoms with Gasteiger partial charge in [-0.05, 0) is 50.2 Å². The number of hydrogen-bond donors (Lipinski definition) is 1. The Morgan fingerprint density at radius 3 is 2.71 bits per heavy atom. The van der Waals surface area contributed by atoms with Crippen LogP contribution in [0.15, 0.2) is 24.3 Å². The zero-order valence-corrected chi connectivity index (χ0v) is 12.3. The van der Waals surface area contributed by atoms with Crippen molar-refractivity contribution in [1.82, 2.24) is 0 Å². The summed E-state index contributed by atoms with van der Waals surface area (Å²) in [6.45, 7) is 2.10. The van der Waals surface area contributed by atoms with Crippen LogP contribution < -0.4 is 5.32 Å². The molecule has 2 saturated carbocycles. The molecular weight excluding hydrogens is 266 g/mol. The normalized spacial score (nSPS) is 26.6. The van der Waals surface area contributed by atoms with Crippen molar-refractivity contribution in [1.29, 1.82) is 0 Å². The van der Waals surface area contributed by atoms with Gasteiger partial charge in [0.05, 0.1) is 17.9 Å².